The van der Waals surface area contributed by atoms with Crippen LogP contribution in [0, 0.1) is 6.92 Å². The summed E-state index contributed by atoms with van der Waals surface area (Å²) in [6, 6.07) is 5.77. The summed E-state index contributed by atoms with van der Waals surface area (Å²) in [5.74, 6) is 0.549. The number of anilines is 1. The number of carbonyl (C=O) groups excluding carboxylic acids is 1. The summed E-state index contributed by atoms with van der Waals surface area (Å²) >= 11 is 1.12. The van der Waals surface area contributed by atoms with Crippen LogP contribution in [0.5, 0.6) is 0 Å². The van der Waals surface area contributed by atoms with Gasteiger partial charge in [0.05, 0.1) is 11.4 Å². The highest BCUT2D eigenvalue weighted by Gasteiger charge is 2.27. The summed E-state index contributed by atoms with van der Waals surface area (Å²) in [6.07, 6.45) is 6.12. The molecule has 3 aromatic rings. The molecule has 0 aromatic carbocycles. The van der Waals surface area contributed by atoms with Crippen molar-refractivity contribution in [2.75, 3.05) is 18.0 Å². The van der Waals surface area contributed by atoms with Gasteiger partial charge in [0.2, 0.25) is 5.95 Å². The van der Waals surface area contributed by atoms with Crippen LogP contribution in [0.15, 0.2) is 36.8 Å². The predicted octanol–water partition coefficient (Wildman–Crippen LogP) is 1.71. The number of aryl methyl sites for hydroxylation is 1. The Labute approximate surface area is 154 Å². The van der Waals surface area contributed by atoms with Gasteiger partial charge in [-0.3, -0.25) is 9.78 Å². The van der Waals surface area contributed by atoms with E-state index in [1.54, 1.807) is 25.5 Å². The molecule has 1 aliphatic heterocycles. The van der Waals surface area contributed by atoms with Crippen molar-refractivity contribution in [3.05, 3.63) is 47.4 Å². The highest BCUT2D eigenvalue weighted by atomic mass is 32.1. The molecule has 1 saturated heterocycles. The van der Waals surface area contributed by atoms with E-state index < -0.39 is 0 Å². The van der Waals surface area contributed by atoms with Gasteiger partial charge in [-0.25, -0.2) is 9.97 Å². The second kappa shape index (κ2) is 7.12. The number of nitrogens with zero attached hydrogens (tertiary/aromatic N) is 6. The van der Waals surface area contributed by atoms with Gasteiger partial charge < -0.3 is 10.2 Å². The predicted molar refractivity (Wildman–Crippen MR) is 98.0 cm³/mol. The monoisotopic (exact) mass is 367 g/mol. The van der Waals surface area contributed by atoms with Crippen molar-refractivity contribution in [2.24, 2.45) is 0 Å². The Balaban J connectivity index is 1.44. The third-order valence-electron chi connectivity index (χ3n) is 4.26. The van der Waals surface area contributed by atoms with Crippen molar-refractivity contribution in [2.45, 2.75) is 19.4 Å². The van der Waals surface area contributed by atoms with Crippen molar-refractivity contribution in [1.29, 1.82) is 0 Å². The molecule has 3 aromatic heterocycles. The van der Waals surface area contributed by atoms with Crippen molar-refractivity contribution < 1.29 is 4.79 Å². The molecule has 1 N–H and O–H groups in total. The quantitative estimate of drug-likeness (QED) is 0.750. The molecular weight excluding hydrogens is 350 g/mol. The van der Waals surface area contributed by atoms with Gasteiger partial charge in [-0.2, -0.15) is 0 Å². The fraction of sp³-hybridized carbons (Fsp3) is 0.294. The van der Waals surface area contributed by atoms with Gasteiger partial charge in [-0.1, -0.05) is 4.49 Å². The Morgan fingerprint density at radius 1 is 1.35 bits per heavy atom. The van der Waals surface area contributed by atoms with Crippen molar-refractivity contribution in [1.82, 2.24) is 29.9 Å². The van der Waals surface area contributed by atoms with Gasteiger partial charge in [0.15, 0.2) is 0 Å². The van der Waals surface area contributed by atoms with Crippen LogP contribution in [0.25, 0.3) is 11.3 Å². The summed E-state index contributed by atoms with van der Waals surface area (Å²) < 4.78 is 3.81. The van der Waals surface area contributed by atoms with E-state index in [0.717, 1.165) is 35.8 Å². The van der Waals surface area contributed by atoms with E-state index in [1.807, 2.05) is 18.2 Å². The lowest BCUT2D eigenvalue weighted by Crippen LogP contribution is -2.37. The fourth-order valence-corrected chi connectivity index (χ4v) is 3.49. The van der Waals surface area contributed by atoms with E-state index in [0.29, 0.717) is 23.1 Å². The number of hydrogen-bond donors (Lipinski definition) is 1. The summed E-state index contributed by atoms with van der Waals surface area (Å²) in [6.45, 7) is 3.26. The Bertz CT molecular complexity index is 914. The first-order valence-electron chi connectivity index (χ1n) is 8.29. The SMILES string of the molecule is Cc1nnsc1C(=O)NC1CCN(c2nccc(-c3cccnc3)n2)C1. The summed E-state index contributed by atoms with van der Waals surface area (Å²) in [5, 5.41) is 6.94. The van der Waals surface area contributed by atoms with E-state index in [1.165, 1.54) is 0 Å². The lowest BCUT2D eigenvalue weighted by molar-refractivity contribution is 0.0943. The zero-order chi connectivity index (χ0) is 17.9. The standard InChI is InChI=1S/C17H17N7OS/c1-11-15(26-23-22-11)16(25)20-13-5-8-24(10-13)17-19-7-4-14(21-17)12-3-2-6-18-9-12/h2-4,6-7,9,13H,5,8,10H2,1H3,(H,20,25). The molecule has 8 nitrogen and oxygen atoms in total. The number of aromatic nitrogens is 5. The van der Waals surface area contributed by atoms with Gasteiger partial charge in [-0.15, -0.1) is 5.10 Å². The minimum Gasteiger partial charge on any atom is -0.347 e. The summed E-state index contributed by atoms with van der Waals surface area (Å²) in [4.78, 5) is 28.1. The average Bonchev–Trinajstić information content (AvgIpc) is 3.31. The number of pyridine rings is 1. The normalized spacial score (nSPS) is 16.7. The second-order valence-corrected chi connectivity index (χ2v) is 6.83. The third kappa shape index (κ3) is 3.38. The Hall–Kier alpha value is -2.94. The van der Waals surface area contributed by atoms with Crippen LogP contribution in [0.3, 0.4) is 0 Å². The first kappa shape index (κ1) is 16.5. The Morgan fingerprint density at radius 3 is 3.04 bits per heavy atom. The molecule has 1 atom stereocenters. The minimum absolute atomic E-state index is 0.0506. The van der Waals surface area contributed by atoms with E-state index in [4.69, 9.17) is 0 Å². The molecule has 26 heavy (non-hydrogen) atoms. The molecule has 9 heteroatoms. The van der Waals surface area contributed by atoms with Gasteiger partial charge in [0, 0.05) is 43.3 Å². The molecule has 1 fully saturated rings. The number of nitrogens with one attached hydrogen (secondary N) is 1. The molecule has 1 unspecified atom stereocenters. The Morgan fingerprint density at radius 2 is 2.27 bits per heavy atom. The van der Waals surface area contributed by atoms with Gasteiger partial charge in [0.25, 0.3) is 5.91 Å². The van der Waals surface area contributed by atoms with Gasteiger partial charge in [0.1, 0.15) is 4.88 Å². The van der Waals surface area contributed by atoms with Crippen molar-refractivity contribution >= 4 is 23.4 Å². The van der Waals surface area contributed by atoms with Crippen molar-refractivity contribution in [3.63, 3.8) is 0 Å². The highest BCUT2D eigenvalue weighted by Crippen LogP contribution is 2.21. The van der Waals surface area contributed by atoms with Crippen molar-refractivity contribution in [3.8, 4) is 11.3 Å². The fourth-order valence-electron chi connectivity index (χ4n) is 2.93. The summed E-state index contributed by atoms with van der Waals surface area (Å²) in [5.41, 5.74) is 2.45. The smallest absolute Gasteiger partial charge is 0.265 e. The number of carbonyl (C=O) groups is 1. The highest BCUT2D eigenvalue weighted by molar-refractivity contribution is 7.08. The molecule has 1 aliphatic rings. The lowest BCUT2D eigenvalue weighted by atomic mass is 10.2. The first-order valence-corrected chi connectivity index (χ1v) is 9.06. The molecule has 0 spiro atoms. The molecule has 1 amide bonds. The van der Waals surface area contributed by atoms with E-state index in [-0.39, 0.29) is 11.9 Å². The van der Waals surface area contributed by atoms with E-state index >= 15 is 0 Å². The second-order valence-electron chi connectivity index (χ2n) is 6.08. The molecule has 0 radical (unpaired) electrons. The zero-order valence-corrected chi connectivity index (χ0v) is 15.0. The maximum Gasteiger partial charge on any atom is 0.265 e. The maximum atomic E-state index is 12.3. The van der Waals surface area contributed by atoms with Crippen LogP contribution in [-0.4, -0.2) is 49.6 Å². The zero-order valence-electron chi connectivity index (χ0n) is 14.2. The average molecular weight is 367 g/mol. The minimum atomic E-state index is -0.116. The molecule has 4 rings (SSSR count). The van der Waals surface area contributed by atoms with E-state index in [2.05, 4.69) is 34.8 Å². The molecular formula is C17H17N7OS. The van der Waals surface area contributed by atoms with Crippen LogP contribution in [0.1, 0.15) is 21.8 Å². The Kier molecular flexibility index (Phi) is 4.53. The molecule has 0 aliphatic carbocycles. The molecule has 0 bridgehead atoms. The van der Waals surface area contributed by atoms with Crippen LogP contribution >= 0.6 is 11.5 Å². The topological polar surface area (TPSA) is 96.8 Å². The third-order valence-corrected chi connectivity index (χ3v) is 5.09. The van der Waals surface area contributed by atoms with Crippen LogP contribution < -0.4 is 10.2 Å². The lowest BCUT2D eigenvalue weighted by Gasteiger charge is -2.17. The van der Waals surface area contributed by atoms with Crippen LogP contribution in [0.4, 0.5) is 5.95 Å². The van der Waals surface area contributed by atoms with Crippen LogP contribution in [-0.2, 0) is 0 Å². The largest absolute Gasteiger partial charge is 0.347 e. The molecule has 4 heterocycles. The van der Waals surface area contributed by atoms with Gasteiger partial charge >= 0.3 is 0 Å². The molecule has 132 valence electrons. The number of rotatable bonds is 4. The van der Waals surface area contributed by atoms with E-state index in [9.17, 15) is 4.79 Å². The van der Waals surface area contributed by atoms with Crippen LogP contribution in [0.2, 0.25) is 0 Å². The summed E-state index contributed by atoms with van der Waals surface area (Å²) in [7, 11) is 0. The van der Waals surface area contributed by atoms with Gasteiger partial charge in [-0.05, 0) is 43.1 Å². The maximum absolute atomic E-state index is 12.3. The first-order chi connectivity index (χ1) is 12.7. The number of amides is 1. The number of hydrogen-bond acceptors (Lipinski definition) is 8. The molecule has 0 saturated carbocycles.